The van der Waals surface area contributed by atoms with E-state index in [2.05, 4.69) is 97.1 Å². The van der Waals surface area contributed by atoms with Crippen molar-refractivity contribution in [3.8, 4) is 45.0 Å². The van der Waals surface area contributed by atoms with Crippen molar-refractivity contribution in [2.24, 2.45) is 0 Å². The summed E-state index contributed by atoms with van der Waals surface area (Å²) in [6.45, 7) is 0. The Morgan fingerprint density at radius 3 is 0.826 bits per heavy atom. The van der Waals surface area contributed by atoms with Crippen molar-refractivity contribution in [1.29, 1.82) is 0 Å². The van der Waals surface area contributed by atoms with E-state index in [1.54, 1.807) is 0 Å². The van der Waals surface area contributed by atoms with Crippen molar-refractivity contribution in [3.63, 3.8) is 0 Å². The Kier molecular flexibility index (Phi) is 6.10. The standard InChI is InChI=1S/C42H26N4/c1-3-15-27(16-4-1)39-41(45-35-25-13-11-23-33(35)43-39)37-29-19-7-9-21-31(29)38(32-22-10-8-20-30(32)37)42-40(28-17-5-2-6-18-28)44-34-24-12-14-26-36(34)46-42/h1-26H. The zero-order valence-corrected chi connectivity index (χ0v) is 24.8. The topological polar surface area (TPSA) is 51.6 Å². The zero-order valence-electron chi connectivity index (χ0n) is 24.8. The third-order valence-electron chi connectivity index (χ3n) is 8.64. The second kappa shape index (κ2) is 10.7. The molecule has 0 radical (unpaired) electrons. The Morgan fingerprint density at radius 2 is 0.500 bits per heavy atom. The first-order valence-electron chi connectivity index (χ1n) is 15.4. The number of para-hydroxylation sites is 4. The molecule has 0 spiro atoms. The predicted octanol–water partition coefficient (Wildman–Crippen LogP) is 10.5. The lowest BCUT2D eigenvalue weighted by Gasteiger charge is -2.20. The third kappa shape index (κ3) is 4.23. The van der Waals surface area contributed by atoms with Crippen LogP contribution in [0.1, 0.15) is 0 Å². The van der Waals surface area contributed by atoms with E-state index in [0.717, 1.165) is 88.6 Å². The second-order valence-corrected chi connectivity index (χ2v) is 11.4. The highest BCUT2D eigenvalue weighted by atomic mass is 14.8. The van der Waals surface area contributed by atoms with Gasteiger partial charge in [-0.25, -0.2) is 19.9 Å². The number of aromatic nitrogens is 4. The molecule has 0 amide bonds. The Balaban J connectivity index is 1.45. The van der Waals surface area contributed by atoms with Crippen molar-refractivity contribution in [2.75, 3.05) is 0 Å². The van der Waals surface area contributed by atoms with Crippen LogP contribution in [0.3, 0.4) is 0 Å². The van der Waals surface area contributed by atoms with Gasteiger partial charge in [0.05, 0.1) is 44.8 Å². The molecule has 0 bridgehead atoms. The summed E-state index contributed by atoms with van der Waals surface area (Å²) >= 11 is 0. The third-order valence-corrected chi connectivity index (χ3v) is 8.64. The predicted molar refractivity (Wildman–Crippen MR) is 189 cm³/mol. The van der Waals surface area contributed by atoms with Crippen molar-refractivity contribution in [1.82, 2.24) is 19.9 Å². The molecule has 0 N–H and O–H groups in total. The highest BCUT2D eigenvalue weighted by Gasteiger charge is 2.24. The van der Waals surface area contributed by atoms with Gasteiger partial charge in [0.1, 0.15) is 0 Å². The van der Waals surface area contributed by atoms with Crippen LogP contribution in [-0.2, 0) is 0 Å². The first-order chi connectivity index (χ1) is 22.8. The molecule has 0 saturated heterocycles. The van der Waals surface area contributed by atoms with Gasteiger partial charge in [0.15, 0.2) is 0 Å². The van der Waals surface area contributed by atoms with Crippen molar-refractivity contribution in [2.45, 2.75) is 0 Å². The largest absolute Gasteiger partial charge is 0.244 e. The van der Waals surface area contributed by atoms with Crippen molar-refractivity contribution in [3.05, 3.63) is 158 Å². The first kappa shape index (κ1) is 26.2. The van der Waals surface area contributed by atoms with E-state index in [1.165, 1.54) is 0 Å². The Hall–Kier alpha value is -6.26. The monoisotopic (exact) mass is 586 g/mol. The lowest BCUT2D eigenvalue weighted by molar-refractivity contribution is 1.30. The maximum atomic E-state index is 5.34. The van der Waals surface area contributed by atoms with Gasteiger partial charge in [-0.05, 0) is 45.8 Å². The summed E-state index contributed by atoms with van der Waals surface area (Å²) in [6, 6.07) is 54.1. The summed E-state index contributed by atoms with van der Waals surface area (Å²) in [5, 5.41) is 4.36. The fraction of sp³-hybridized carbons (Fsp3) is 0. The van der Waals surface area contributed by atoms with Gasteiger partial charge in [-0.2, -0.15) is 0 Å². The van der Waals surface area contributed by atoms with Crippen LogP contribution in [0.25, 0.3) is 88.6 Å². The molecular weight excluding hydrogens is 560 g/mol. The minimum absolute atomic E-state index is 0.858. The van der Waals surface area contributed by atoms with Gasteiger partial charge in [0, 0.05) is 22.3 Å². The first-order valence-corrected chi connectivity index (χ1v) is 15.4. The summed E-state index contributed by atoms with van der Waals surface area (Å²) in [5.41, 5.74) is 11.1. The van der Waals surface area contributed by atoms with E-state index in [0.29, 0.717) is 0 Å². The van der Waals surface area contributed by atoms with Crippen LogP contribution in [0.2, 0.25) is 0 Å². The molecule has 9 aromatic rings. The van der Waals surface area contributed by atoms with Crippen molar-refractivity contribution >= 4 is 43.6 Å². The molecule has 214 valence electrons. The number of rotatable bonds is 4. The lowest BCUT2D eigenvalue weighted by Crippen LogP contribution is -2.00. The van der Waals surface area contributed by atoms with Gasteiger partial charge in [0.2, 0.25) is 0 Å². The molecule has 2 aromatic heterocycles. The molecule has 0 saturated carbocycles. The van der Waals surface area contributed by atoms with Crippen molar-refractivity contribution < 1.29 is 0 Å². The Morgan fingerprint density at radius 1 is 0.239 bits per heavy atom. The van der Waals surface area contributed by atoms with E-state index < -0.39 is 0 Å². The smallest absolute Gasteiger partial charge is 0.0985 e. The number of hydrogen-bond acceptors (Lipinski definition) is 4. The fourth-order valence-electron chi connectivity index (χ4n) is 6.58. The summed E-state index contributed by atoms with van der Waals surface area (Å²) < 4.78 is 0. The van der Waals surface area contributed by atoms with Crippen LogP contribution < -0.4 is 0 Å². The lowest BCUT2D eigenvalue weighted by atomic mass is 9.86. The molecule has 46 heavy (non-hydrogen) atoms. The maximum absolute atomic E-state index is 5.34. The van der Waals surface area contributed by atoms with Gasteiger partial charge in [-0.1, -0.05) is 133 Å². The molecule has 7 aromatic carbocycles. The van der Waals surface area contributed by atoms with E-state index >= 15 is 0 Å². The highest BCUT2D eigenvalue weighted by molar-refractivity contribution is 6.22. The van der Waals surface area contributed by atoms with Crippen LogP contribution in [-0.4, -0.2) is 19.9 Å². The van der Waals surface area contributed by atoms with Gasteiger partial charge in [-0.15, -0.1) is 0 Å². The normalized spacial score (nSPS) is 11.5. The number of benzene rings is 7. The average Bonchev–Trinajstić information content (AvgIpc) is 3.13. The average molecular weight is 587 g/mol. The Labute approximate surface area is 265 Å². The highest BCUT2D eigenvalue weighted by Crippen LogP contribution is 2.46. The molecule has 0 aliphatic heterocycles. The van der Waals surface area contributed by atoms with Crippen LogP contribution in [0, 0.1) is 0 Å². The maximum Gasteiger partial charge on any atom is 0.0985 e. The SMILES string of the molecule is c1ccc(-c2nc3ccccc3nc2-c2c3ccccc3c(-c3nc4ccccc4nc3-c3ccccc3)c3ccccc23)cc1. The number of hydrogen-bond donors (Lipinski definition) is 0. The van der Waals surface area contributed by atoms with Crippen LogP contribution >= 0.6 is 0 Å². The second-order valence-electron chi connectivity index (χ2n) is 11.4. The summed E-state index contributed by atoms with van der Waals surface area (Å²) in [5.74, 6) is 0. The summed E-state index contributed by atoms with van der Waals surface area (Å²) in [4.78, 5) is 21.1. The minimum Gasteiger partial charge on any atom is -0.244 e. The summed E-state index contributed by atoms with van der Waals surface area (Å²) in [7, 11) is 0. The molecule has 0 aliphatic rings. The molecule has 0 aliphatic carbocycles. The van der Waals surface area contributed by atoms with Crippen LogP contribution in [0.15, 0.2) is 158 Å². The van der Waals surface area contributed by atoms with E-state index in [-0.39, 0.29) is 0 Å². The number of fused-ring (bicyclic) bond motifs is 4. The van der Waals surface area contributed by atoms with E-state index in [9.17, 15) is 0 Å². The molecule has 4 heteroatoms. The molecule has 0 unspecified atom stereocenters. The fourth-order valence-corrected chi connectivity index (χ4v) is 6.58. The van der Waals surface area contributed by atoms with Gasteiger partial charge < -0.3 is 0 Å². The molecule has 2 heterocycles. The quantitative estimate of drug-likeness (QED) is 0.193. The molecular formula is C42H26N4. The summed E-state index contributed by atoms with van der Waals surface area (Å²) in [6.07, 6.45) is 0. The van der Waals surface area contributed by atoms with E-state index in [1.807, 2.05) is 60.7 Å². The number of nitrogens with zero attached hydrogens (tertiary/aromatic N) is 4. The Bertz CT molecular complexity index is 2340. The van der Waals surface area contributed by atoms with Gasteiger partial charge in [-0.3, -0.25) is 0 Å². The van der Waals surface area contributed by atoms with E-state index in [4.69, 9.17) is 19.9 Å². The molecule has 0 fully saturated rings. The molecule has 4 nitrogen and oxygen atoms in total. The minimum atomic E-state index is 0.858. The van der Waals surface area contributed by atoms with Gasteiger partial charge in [0.25, 0.3) is 0 Å². The van der Waals surface area contributed by atoms with Gasteiger partial charge >= 0.3 is 0 Å². The van der Waals surface area contributed by atoms with Crippen LogP contribution in [0.5, 0.6) is 0 Å². The van der Waals surface area contributed by atoms with Crippen LogP contribution in [0.4, 0.5) is 0 Å². The molecule has 0 atom stereocenters. The molecule has 9 rings (SSSR count). The zero-order chi connectivity index (χ0) is 30.5.